The maximum atomic E-state index is 13.2. The molecule has 2 aromatic carbocycles. The van der Waals surface area contributed by atoms with E-state index in [4.69, 9.17) is 11.6 Å². The second kappa shape index (κ2) is 9.18. The van der Waals surface area contributed by atoms with Crippen LogP contribution in [-0.4, -0.2) is 22.2 Å². The molecule has 0 aliphatic heterocycles. The number of carbonyl (C=O) groups is 1. The van der Waals surface area contributed by atoms with Crippen molar-refractivity contribution >= 4 is 23.6 Å². The van der Waals surface area contributed by atoms with E-state index in [2.05, 4.69) is 10.4 Å². The van der Waals surface area contributed by atoms with Gasteiger partial charge in [-0.2, -0.15) is 10.4 Å². The van der Waals surface area contributed by atoms with Crippen LogP contribution in [0.2, 0.25) is 5.15 Å². The molecule has 29 heavy (non-hydrogen) atoms. The summed E-state index contributed by atoms with van der Waals surface area (Å²) in [7, 11) is 0. The molecule has 0 unspecified atom stereocenters. The van der Waals surface area contributed by atoms with Crippen LogP contribution < -0.4 is 5.32 Å². The summed E-state index contributed by atoms with van der Waals surface area (Å²) in [6.07, 6.45) is 2.08. The van der Waals surface area contributed by atoms with Gasteiger partial charge >= 0.3 is 0 Å². The summed E-state index contributed by atoms with van der Waals surface area (Å²) in [6, 6.07) is 17.3. The first kappa shape index (κ1) is 20.3. The molecule has 0 spiro atoms. The van der Waals surface area contributed by atoms with Crippen LogP contribution in [0.4, 0.5) is 4.39 Å². The third kappa shape index (κ3) is 4.89. The Kier molecular flexibility index (Phi) is 6.43. The van der Waals surface area contributed by atoms with Crippen molar-refractivity contribution in [3.05, 3.63) is 88.0 Å². The molecule has 0 saturated heterocycles. The van der Waals surface area contributed by atoms with Crippen LogP contribution in [0.1, 0.15) is 16.8 Å². The average molecular weight is 409 g/mol. The topological polar surface area (TPSA) is 70.7 Å². The van der Waals surface area contributed by atoms with Crippen molar-refractivity contribution in [3.8, 4) is 11.8 Å². The summed E-state index contributed by atoms with van der Waals surface area (Å²) in [5, 5.41) is 16.7. The number of amides is 1. The second-order valence-electron chi connectivity index (χ2n) is 6.34. The van der Waals surface area contributed by atoms with Crippen LogP contribution in [0.15, 0.2) is 60.2 Å². The lowest BCUT2D eigenvalue weighted by molar-refractivity contribution is -0.117. The third-order valence-electron chi connectivity index (χ3n) is 4.32. The molecule has 0 bridgehead atoms. The Bertz CT molecular complexity index is 1080. The normalized spacial score (nSPS) is 11.2. The number of hydrogen-bond donors (Lipinski definition) is 1. The van der Waals surface area contributed by atoms with Gasteiger partial charge in [0.2, 0.25) is 0 Å². The van der Waals surface area contributed by atoms with Crippen LogP contribution in [0.25, 0.3) is 11.8 Å². The van der Waals surface area contributed by atoms with Gasteiger partial charge in [0.1, 0.15) is 22.6 Å². The molecule has 1 aromatic heterocycles. The van der Waals surface area contributed by atoms with Crippen molar-refractivity contribution in [1.82, 2.24) is 15.1 Å². The van der Waals surface area contributed by atoms with Gasteiger partial charge in [0.05, 0.1) is 11.4 Å². The molecule has 3 rings (SSSR count). The number of aryl methyl sites for hydroxylation is 1. The lowest BCUT2D eigenvalue weighted by atomic mass is 10.1. The molecule has 1 heterocycles. The molecule has 1 N–H and O–H groups in total. The molecule has 1 amide bonds. The SMILES string of the molecule is Cc1nn(-c2ccc(F)cc2)c(Cl)c1C=C(C#N)C(=O)NCCc1ccccc1. The lowest BCUT2D eigenvalue weighted by Crippen LogP contribution is -2.26. The number of nitrogens with zero attached hydrogens (tertiary/aromatic N) is 3. The monoisotopic (exact) mass is 408 g/mol. The fourth-order valence-electron chi connectivity index (χ4n) is 2.78. The molecular weight excluding hydrogens is 391 g/mol. The van der Waals surface area contributed by atoms with E-state index in [9.17, 15) is 14.4 Å². The standard InChI is InChI=1S/C22H18ClFN4O/c1-15-20(21(23)28(27-15)19-9-7-18(24)8-10-19)13-17(14-25)22(29)26-12-11-16-5-3-2-4-6-16/h2-10,13H,11-12H2,1H3,(H,26,29). The first-order valence-corrected chi connectivity index (χ1v) is 9.32. The molecule has 0 atom stereocenters. The van der Waals surface area contributed by atoms with Crippen LogP contribution in [0.5, 0.6) is 0 Å². The molecule has 0 fully saturated rings. The second-order valence-corrected chi connectivity index (χ2v) is 6.70. The smallest absolute Gasteiger partial charge is 0.261 e. The fraction of sp³-hybridized carbons (Fsp3) is 0.136. The Morgan fingerprint density at radius 1 is 1.24 bits per heavy atom. The third-order valence-corrected chi connectivity index (χ3v) is 4.68. The number of rotatable bonds is 6. The van der Waals surface area contributed by atoms with Gasteiger partial charge in [-0.3, -0.25) is 4.79 Å². The van der Waals surface area contributed by atoms with Crippen molar-refractivity contribution in [1.29, 1.82) is 5.26 Å². The molecule has 0 aliphatic rings. The van der Waals surface area contributed by atoms with Gasteiger partial charge in [-0.05, 0) is 49.2 Å². The summed E-state index contributed by atoms with van der Waals surface area (Å²) in [5.41, 5.74) is 2.61. The number of halogens is 2. The average Bonchev–Trinajstić information content (AvgIpc) is 3.01. The van der Waals surface area contributed by atoms with Crippen LogP contribution in [0, 0.1) is 24.1 Å². The van der Waals surface area contributed by atoms with E-state index < -0.39 is 5.91 Å². The Morgan fingerprint density at radius 3 is 2.59 bits per heavy atom. The predicted octanol–water partition coefficient (Wildman–Crippen LogP) is 4.24. The van der Waals surface area contributed by atoms with Crippen molar-refractivity contribution in [2.45, 2.75) is 13.3 Å². The van der Waals surface area contributed by atoms with Crippen LogP contribution in [0.3, 0.4) is 0 Å². The van der Waals surface area contributed by atoms with Crippen LogP contribution >= 0.6 is 11.6 Å². The summed E-state index contributed by atoms with van der Waals surface area (Å²) >= 11 is 6.42. The first-order valence-electron chi connectivity index (χ1n) is 8.94. The summed E-state index contributed by atoms with van der Waals surface area (Å²) in [4.78, 5) is 12.4. The Hall–Kier alpha value is -3.43. The van der Waals surface area contributed by atoms with Gasteiger partial charge in [0.15, 0.2) is 0 Å². The van der Waals surface area contributed by atoms with E-state index >= 15 is 0 Å². The zero-order valence-corrected chi connectivity index (χ0v) is 16.4. The number of hydrogen-bond acceptors (Lipinski definition) is 3. The number of benzene rings is 2. The molecular formula is C22H18ClFN4O. The molecule has 7 heteroatoms. The first-order chi connectivity index (χ1) is 14.0. The van der Waals surface area contributed by atoms with Gasteiger partial charge in [0, 0.05) is 12.1 Å². The van der Waals surface area contributed by atoms with E-state index in [-0.39, 0.29) is 16.5 Å². The maximum absolute atomic E-state index is 13.2. The Morgan fingerprint density at radius 2 is 1.93 bits per heavy atom. The highest BCUT2D eigenvalue weighted by atomic mass is 35.5. The van der Waals surface area contributed by atoms with Gasteiger partial charge in [-0.15, -0.1) is 0 Å². The predicted molar refractivity (Wildman–Crippen MR) is 110 cm³/mol. The molecule has 0 radical (unpaired) electrons. The van der Waals surface area contributed by atoms with Crippen LogP contribution in [-0.2, 0) is 11.2 Å². The fourth-order valence-corrected chi connectivity index (χ4v) is 3.11. The number of nitrogens with one attached hydrogen (secondary N) is 1. The lowest BCUT2D eigenvalue weighted by Gasteiger charge is -2.05. The van der Waals surface area contributed by atoms with Gasteiger partial charge < -0.3 is 5.32 Å². The number of carbonyl (C=O) groups excluding carboxylic acids is 1. The quantitative estimate of drug-likeness (QED) is 0.490. The molecule has 0 saturated carbocycles. The van der Waals surface area contributed by atoms with Crippen molar-refractivity contribution in [3.63, 3.8) is 0 Å². The number of aromatic nitrogens is 2. The van der Waals surface area contributed by atoms with Crippen molar-refractivity contribution in [2.24, 2.45) is 0 Å². The minimum absolute atomic E-state index is 0.0679. The molecule has 3 aromatic rings. The van der Waals surface area contributed by atoms with E-state index in [1.165, 1.54) is 22.9 Å². The molecule has 0 aliphatic carbocycles. The zero-order chi connectivity index (χ0) is 20.8. The maximum Gasteiger partial charge on any atom is 0.261 e. The highest BCUT2D eigenvalue weighted by molar-refractivity contribution is 6.31. The van der Waals surface area contributed by atoms with Gasteiger partial charge in [-0.1, -0.05) is 41.9 Å². The van der Waals surface area contributed by atoms with Crippen molar-refractivity contribution in [2.75, 3.05) is 6.54 Å². The zero-order valence-electron chi connectivity index (χ0n) is 15.7. The largest absolute Gasteiger partial charge is 0.351 e. The van der Waals surface area contributed by atoms with Crippen molar-refractivity contribution < 1.29 is 9.18 Å². The van der Waals surface area contributed by atoms with Gasteiger partial charge in [0.25, 0.3) is 5.91 Å². The minimum atomic E-state index is -0.478. The number of nitriles is 1. The highest BCUT2D eigenvalue weighted by Crippen LogP contribution is 2.26. The summed E-state index contributed by atoms with van der Waals surface area (Å²) < 4.78 is 14.6. The Balaban J connectivity index is 1.77. The molecule has 5 nitrogen and oxygen atoms in total. The van der Waals surface area contributed by atoms with E-state index in [1.54, 1.807) is 19.1 Å². The van der Waals surface area contributed by atoms with E-state index in [0.29, 0.717) is 29.9 Å². The van der Waals surface area contributed by atoms with E-state index in [1.807, 2.05) is 36.4 Å². The molecule has 146 valence electrons. The highest BCUT2D eigenvalue weighted by Gasteiger charge is 2.16. The summed E-state index contributed by atoms with van der Waals surface area (Å²) in [6.45, 7) is 2.13. The Labute approximate surface area is 173 Å². The summed E-state index contributed by atoms with van der Waals surface area (Å²) in [5.74, 6) is -0.846. The van der Waals surface area contributed by atoms with E-state index in [0.717, 1.165) is 5.56 Å². The van der Waals surface area contributed by atoms with Gasteiger partial charge in [-0.25, -0.2) is 9.07 Å². The minimum Gasteiger partial charge on any atom is -0.351 e.